The second kappa shape index (κ2) is 6.35. The fourth-order valence-electron chi connectivity index (χ4n) is 2.13. The smallest absolute Gasteiger partial charge is 0.232 e. The number of aromatic nitrogens is 6. The van der Waals surface area contributed by atoms with Crippen LogP contribution in [0.4, 0.5) is 0 Å². The van der Waals surface area contributed by atoms with Crippen LogP contribution in [0.15, 0.2) is 27.9 Å². The number of rotatable bonds is 4. The number of thioether (sulfide) groups is 1. The lowest BCUT2D eigenvalue weighted by atomic mass is 9.97. The zero-order chi connectivity index (χ0) is 17.3. The van der Waals surface area contributed by atoms with Crippen molar-refractivity contribution < 1.29 is 4.52 Å². The zero-order valence-electron chi connectivity index (χ0n) is 14.4. The van der Waals surface area contributed by atoms with Gasteiger partial charge in [-0.05, 0) is 41.5 Å². The van der Waals surface area contributed by atoms with Crippen LogP contribution >= 0.6 is 11.8 Å². The number of hydrogen-bond donors (Lipinski definition) is 0. The Morgan fingerprint density at radius 3 is 2.71 bits per heavy atom. The third kappa shape index (κ3) is 3.33. The van der Waals surface area contributed by atoms with Crippen LogP contribution in [-0.2, 0) is 11.2 Å². The summed E-state index contributed by atoms with van der Waals surface area (Å²) in [6.45, 7) is 10.3. The van der Waals surface area contributed by atoms with E-state index in [2.05, 4.69) is 45.6 Å². The van der Waals surface area contributed by atoms with Crippen LogP contribution < -0.4 is 0 Å². The van der Waals surface area contributed by atoms with Gasteiger partial charge >= 0.3 is 0 Å². The molecule has 0 radical (unpaired) electrons. The maximum Gasteiger partial charge on any atom is 0.232 e. The van der Waals surface area contributed by atoms with Crippen LogP contribution in [0.5, 0.6) is 0 Å². The van der Waals surface area contributed by atoms with Gasteiger partial charge in [0.25, 0.3) is 0 Å². The van der Waals surface area contributed by atoms with Gasteiger partial charge in [-0.25, -0.2) is 0 Å². The topological polar surface area (TPSA) is 82.5 Å². The van der Waals surface area contributed by atoms with Gasteiger partial charge in [0.05, 0.1) is 11.4 Å². The minimum Gasteiger partial charge on any atom is -0.339 e. The maximum absolute atomic E-state index is 5.32. The Hall–Kier alpha value is -2.22. The highest BCUT2D eigenvalue weighted by molar-refractivity contribution is 7.98. The summed E-state index contributed by atoms with van der Waals surface area (Å²) in [6, 6.07) is 6.08. The summed E-state index contributed by atoms with van der Waals surface area (Å²) in [7, 11) is 0. The van der Waals surface area contributed by atoms with Crippen molar-refractivity contribution in [2.24, 2.45) is 0 Å². The van der Waals surface area contributed by atoms with Crippen molar-refractivity contribution in [1.29, 1.82) is 0 Å². The average molecular weight is 344 g/mol. The highest BCUT2D eigenvalue weighted by Gasteiger charge is 2.22. The Kier molecular flexibility index (Phi) is 4.40. The number of hydrogen-bond acceptors (Lipinski definition) is 7. The van der Waals surface area contributed by atoms with E-state index in [9.17, 15) is 0 Å². The number of nitrogens with zero attached hydrogens (tertiary/aromatic N) is 6. The second-order valence-corrected chi connectivity index (χ2v) is 7.59. The molecule has 0 aliphatic carbocycles. The summed E-state index contributed by atoms with van der Waals surface area (Å²) in [5.41, 5.74) is 3.18. The van der Waals surface area contributed by atoms with E-state index in [1.54, 1.807) is 4.68 Å². The monoisotopic (exact) mass is 344 g/mol. The highest BCUT2D eigenvalue weighted by atomic mass is 32.2. The molecule has 0 saturated heterocycles. The van der Waals surface area contributed by atoms with Gasteiger partial charge in [0.15, 0.2) is 5.82 Å². The third-order valence-electron chi connectivity index (χ3n) is 3.69. The predicted octanol–water partition coefficient (Wildman–Crippen LogP) is 3.25. The lowest BCUT2D eigenvalue weighted by Gasteiger charge is -2.10. The summed E-state index contributed by atoms with van der Waals surface area (Å²) in [5.74, 6) is 1.82. The summed E-state index contributed by atoms with van der Waals surface area (Å²) < 4.78 is 7.06. The largest absolute Gasteiger partial charge is 0.339 e. The Balaban J connectivity index is 1.79. The number of benzene rings is 1. The summed E-state index contributed by atoms with van der Waals surface area (Å²) >= 11 is 1.48. The van der Waals surface area contributed by atoms with Crippen molar-refractivity contribution in [1.82, 2.24) is 30.3 Å². The van der Waals surface area contributed by atoms with Crippen LogP contribution in [-0.4, -0.2) is 30.3 Å². The average Bonchev–Trinajstić information content (AvgIpc) is 3.16. The van der Waals surface area contributed by atoms with Gasteiger partial charge in [-0.3, -0.25) is 0 Å². The fourth-order valence-corrected chi connectivity index (χ4v) is 2.86. The lowest BCUT2D eigenvalue weighted by Crippen LogP contribution is -2.11. The van der Waals surface area contributed by atoms with Crippen LogP contribution in [0.2, 0.25) is 0 Å². The molecule has 3 aromatic rings. The molecule has 0 unspecified atom stereocenters. The minimum absolute atomic E-state index is 0.157. The maximum atomic E-state index is 5.32. The first kappa shape index (κ1) is 16.6. The molecular formula is C16H20N6OS. The van der Waals surface area contributed by atoms with Crippen LogP contribution in [0.3, 0.4) is 0 Å². The van der Waals surface area contributed by atoms with E-state index >= 15 is 0 Å². The molecule has 0 fully saturated rings. The van der Waals surface area contributed by atoms with E-state index in [1.807, 2.05) is 32.9 Å². The van der Waals surface area contributed by atoms with Gasteiger partial charge in [0.2, 0.25) is 11.0 Å². The number of aryl methyl sites for hydroxylation is 1. The summed E-state index contributed by atoms with van der Waals surface area (Å²) in [4.78, 5) is 4.44. The van der Waals surface area contributed by atoms with Crippen molar-refractivity contribution in [2.75, 3.05) is 0 Å². The lowest BCUT2D eigenvalue weighted by molar-refractivity contribution is 0.319. The van der Waals surface area contributed by atoms with E-state index in [0.717, 1.165) is 11.3 Å². The molecule has 7 nitrogen and oxygen atoms in total. The SMILES string of the molecule is Cc1cccc(-n2nnnc2SCc2noc(C(C)(C)C)n2)c1C. The van der Waals surface area contributed by atoms with Gasteiger partial charge in [0, 0.05) is 5.41 Å². The second-order valence-electron chi connectivity index (χ2n) is 6.65. The molecule has 0 atom stereocenters. The molecule has 0 amide bonds. The van der Waals surface area contributed by atoms with Gasteiger partial charge in [-0.2, -0.15) is 9.67 Å². The molecule has 126 valence electrons. The van der Waals surface area contributed by atoms with Crippen molar-refractivity contribution >= 4 is 11.8 Å². The quantitative estimate of drug-likeness (QED) is 0.672. The van der Waals surface area contributed by atoms with Crippen LogP contribution in [0.1, 0.15) is 43.6 Å². The molecule has 2 heterocycles. The molecule has 0 N–H and O–H groups in total. The molecule has 8 heteroatoms. The molecule has 3 rings (SSSR count). The van der Waals surface area contributed by atoms with Crippen molar-refractivity contribution in [3.63, 3.8) is 0 Å². The molecule has 0 spiro atoms. The zero-order valence-corrected chi connectivity index (χ0v) is 15.3. The van der Waals surface area contributed by atoms with E-state index in [0.29, 0.717) is 22.6 Å². The Labute approximate surface area is 144 Å². The summed E-state index contributed by atoms with van der Waals surface area (Å²) in [5, 5.41) is 16.8. The molecular weight excluding hydrogens is 324 g/mol. The molecule has 2 aromatic heterocycles. The van der Waals surface area contributed by atoms with E-state index in [-0.39, 0.29) is 5.41 Å². The first-order valence-electron chi connectivity index (χ1n) is 7.67. The summed E-state index contributed by atoms with van der Waals surface area (Å²) in [6.07, 6.45) is 0. The van der Waals surface area contributed by atoms with E-state index in [4.69, 9.17) is 4.52 Å². The first-order chi connectivity index (χ1) is 11.4. The van der Waals surface area contributed by atoms with Gasteiger partial charge in [0.1, 0.15) is 0 Å². The van der Waals surface area contributed by atoms with E-state index in [1.165, 1.54) is 17.3 Å². The standard InChI is InChI=1S/C16H20N6OS/c1-10-7-6-8-12(11(10)2)22-15(18-20-21-22)24-9-13-17-14(23-19-13)16(3,4)5/h6-8H,9H2,1-5H3. The fraction of sp³-hybridized carbons (Fsp3) is 0.438. The van der Waals surface area contributed by atoms with Crippen LogP contribution in [0, 0.1) is 13.8 Å². The van der Waals surface area contributed by atoms with E-state index < -0.39 is 0 Å². The van der Waals surface area contributed by atoms with Gasteiger partial charge in [-0.1, -0.05) is 49.8 Å². The van der Waals surface area contributed by atoms with Gasteiger partial charge in [-0.15, -0.1) is 5.10 Å². The molecule has 1 aromatic carbocycles. The molecule has 0 bridgehead atoms. The van der Waals surface area contributed by atoms with Crippen LogP contribution in [0.25, 0.3) is 5.69 Å². The molecule has 0 saturated carbocycles. The normalized spacial score (nSPS) is 11.9. The third-order valence-corrected chi connectivity index (χ3v) is 4.60. The Bertz CT molecular complexity index is 848. The molecule has 0 aliphatic heterocycles. The van der Waals surface area contributed by atoms with Gasteiger partial charge < -0.3 is 4.52 Å². The molecule has 24 heavy (non-hydrogen) atoms. The Morgan fingerprint density at radius 2 is 2.00 bits per heavy atom. The number of tetrazole rings is 1. The molecule has 0 aliphatic rings. The van der Waals surface area contributed by atoms with Crippen molar-refractivity contribution in [3.05, 3.63) is 41.0 Å². The highest BCUT2D eigenvalue weighted by Crippen LogP contribution is 2.25. The first-order valence-corrected chi connectivity index (χ1v) is 8.65. The minimum atomic E-state index is -0.157. The van der Waals surface area contributed by atoms with Crippen molar-refractivity contribution in [3.8, 4) is 5.69 Å². The van der Waals surface area contributed by atoms with Crippen molar-refractivity contribution in [2.45, 2.75) is 50.9 Å². The Morgan fingerprint density at radius 1 is 1.21 bits per heavy atom. The predicted molar refractivity (Wildman–Crippen MR) is 91.2 cm³/mol.